The van der Waals surface area contributed by atoms with Gasteiger partial charge in [0.25, 0.3) is 0 Å². The van der Waals surface area contributed by atoms with Crippen LogP contribution in [0.2, 0.25) is 0 Å². The number of thioether (sulfide) groups is 2. The molecule has 4 nitrogen and oxygen atoms in total. The van der Waals surface area contributed by atoms with E-state index in [4.69, 9.17) is 5.73 Å². The van der Waals surface area contributed by atoms with Crippen molar-refractivity contribution in [2.75, 3.05) is 23.8 Å². The number of sulfonamides is 1. The molecule has 1 aliphatic rings. The van der Waals surface area contributed by atoms with Gasteiger partial charge in [0.1, 0.15) is 4.90 Å². The first-order valence-corrected chi connectivity index (χ1v) is 9.99. The Kier molecular flexibility index (Phi) is 5.89. The van der Waals surface area contributed by atoms with Crippen molar-refractivity contribution in [3.63, 3.8) is 0 Å². The van der Waals surface area contributed by atoms with E-state index in [1.807, 2.05) is 0 Å². The smallest absolute Gasteiger partial charge is 0.243 e. The second-order valence-electron chi connectivity index (χ2n) is 4.51. The van der Waals surface area contributed by atoms with Crippen LogP contribution in [0.5, 0.6) is 0 Å². The van der Waals surface area contributed by atoms with Crippen LogP contribution in [0.4, 0.5) is 8.78 Å². The molecule has 21 heavy (non-hydrogen) atoms. The van der Waals surface area contributed by atoms with Crippen LogP contribution in [-0.4, -0.2) is 37.5 Å². The predicted octanol–water partition coefficient (Wildman–Crippen LogP) is 1.55. The lowest BCUT2D eigenvalue weighted by Crippen LogP contribution is -2.34. The van der Waals surface area contributed by atoms with E-state index in [9.17, 15) is 17.2 Å². The Bertz CT molecular complexity index is 605. The van der Waals surface area contributed by atoms with Gasteiger partial charge in [-0.05, 0) is 17.7 Å². The third kappa shape index (κ3) is 4.32. The molecule has 0 radical (unpaired) electrons. The molecule has 1 atom stereocenters. The Hall–Kier alpha value is -0.350. The highest BCUT2D eigenvalue weighted by atomic mass is 32.2. The summed E-state index contributed by atoms with van der Waals surface area (Å²) in [6.45, 7) is 0.142. The van der Waals surface area contributed by atoms with Crippen LogP contribution in [0.1, 0.15) is 5.56 Å². The molecule has 9 heteroatoms. The number of hydrogen-bond donors (Lipinski definition) is 2. The zero-order valence-corrected chi connectivity index (χ0v) is 13.6. The van der Waals surface area contributed by atoms with Gasteiger partial charge in [0.2, 0.25) is 10.0 Å². The topological polar surface area (TPSA) is 72.2 Å². The molecule has 1 unspecified atom stereocenters. The van der Waals surface area contributed by atoms with Crippen molar-refractivity contribution in [3.8, 4) is 0 Å². The highest BCUT2D eigenvalue weighted by Crippen LogP contribution is 2.24. The van der Waals surface area contributed by atoms with Gasteiger partial charge in [-0.15, -0.1) is 0 Å². The molecule has 0 saturated carbocycles. The monoisotopic (exact) mass is 354 g/mol. The molecule has 118 valence electrons. The summed E-state index contributed by atoms with van der Waals surface area (Å²) in [7, 11) is -4.09. The molecule has 2 rings (SSSR count). The van der Waals surface area contributed by atoms with E-state index < -0.39 is 26.6 Å². The zero-order valence-electron chi connectivity index (χ0n) is 11.1. The number of halogens is 2. The van der Waals surface area contributed by atoms with Gasteiger partial charge in [-0.1, -0.05) is 0 Å². The summed E-state index contributed by atoms with van der Waals surface area (Å²) >= 11 is 3.43. The van der Waals surface area contributed by atoms with Crippen molar-refractivity contribution in [1.82, 2.24) is 4.72 Å². The fraction of sp³-hybridized carbons (Fsp3) is 0.500. The summed E-state index contributed by atoms with van der Waals surface area (Å²) in [6, 6.07) is 1.98. The van der Waals surface area contributed by atoms with E-state index >= 15 is 0 Å². The van der Waals surface area contributed by atoms with Crippen molar-refractivity contribution in [3.05, 3.63) is 29.3 Å². The average Bonchev–Trinajstić information content (AvgIpc) is 2.48. The average molecular weight is 354 g/mol. The Morgan fingerprint density at radius 1 is 1.33 bits per heavy atom. The maximum atomic E-state index is 13.7. The van der Waals surface area contributed by atoms with Gasteiger partial charge in [0, 0.05) is 35.6 Å². The van der Waals surface area contributed by atoms with Gasteiger partial charge >= 0.3 is 0 Å². The minimum absolute atomic E-state index is 0.0607. The molecule has 0 aromatic heterocycles. The summed E-state index contributed by atoms with van der Waals surface area (Å²) in [5.41, 5.74) is 5.59. The van der Waals surface area contributed by atoms with E-state index in [0.29, 0.717) is 0 Å². The molecule has 1 aromatic rings. The standard InChI is InChI=1S/C12H16F2N2O2S3/c13-10-3-8(5-15)4-11(12(10)14)21(17,18)16-6-9-7-19-1-2-20-9/h3-4,9,16H,1-2,5-7,15H2. The largest absolute Gasteiger partial charge is 0.326 e. The molecular formula is C12H16F2N2O2S3. The van der Waals surface area contributed by atoms with Crippen molar-refractivity contribution < 1.29 is 17.2 Å². The maximum Gasteiger partial charge on any atom is 0.243 e. The minimum Gasteiger partial charge on any atom is -0.326 e. The number of hydrogen-bond acceptors (Lipinski definition) is 5. The molecule has 0 bridgehead atoms. The number of nitrogens with two attached hydrogens (primary N) is 1. The molecule has 1 aliphatic heterocycles. The molecular weight excluding hydrogens is 338 g/mol. The van der Waals surface area contributed by atoms with Crippen molar-refractivity contribution >= 4 is 33.5 Å². The summed E-state index contributed by atoms with van der Waals surface area (Å²) in [5, 5.41) is 0.143. The maximum absolute atomic E-state index is 13.7. The zero-order chi connectivity index (χ0) is 15.5. The third-order valence-electron chi connectivity index (χ3n) is 2.97. The van der Waals surface area contributed by atoms with Crippen LogP contribution < -0.4 is 10.5 Å². The molecule has 0 aliphatic carbocycles. The fourth-order valence-electron chi connectivity index (χ4n) is 1.87. The molecule has 3 N–H and O–H groups in total. The highest BCUT2D eigenvalue weighted by molar-refractivity contribution is 8.06. The normalized spacial score (nSPS) is 19.7. The first-order valence-electron chi connectivity index (χ1n) is 6.31. The lowest BCUT2D eigenvalue weighted by atomic mass is 10.2. The number of benzene rings is 1. The van der Waals surface area contributed by atoms with Crippen molar-refractivity contribution in [2.24, 2.45) is 5.73 Å². The van der Waals surface area contributed by atoms with Crippen molar-refractivity contribution in [2.45, 2.75) is 16.7 Å². The molecule has 1 heterocycles. The van der Waals surface area contributed by atoms with E-state index in [0.717, 1.165) is 29.4 Å². The number of rotatable bonds is 5. The van der Waals surface area contributed by atoms with Gasteiger partial charge < -0.3 is 5.73 Å². The van der Waals surface area contributed by atoms with E-state index in [-0.39, 0.29) is 23.9 Å². The lowest BCUT2D eigenvalue weighted by Gasteiger charge is -2.21. The second-order valence-corrected chi connectivity index (χ2v) is 8.81. The number of nitrogens with one attached hydrogen (secondary N) is 1. The Labute approximate surface area is 131 Å². The van der Waals surface area contributed by atoms with Crippen LogP contribution in [0.15, 0.2) is 17.0 Å². The highest BCUT2D eigenvalue weighted by Gasteiger charge is 2.24. The minimum atomic E-state index is -4.09. The lowest BCUT2D eigenvalue weighted by molar-refractivity contribution is 0.481. The van der Waals surface area contributed by atoms with E-state index in [1.165, 1.54) is 0 Å². The summed E-state index contributed by atoms with van der Waals surface area (Å²) < 4.78 is 53.8. The van der Waals surface area contributed by atoms with E-state index in [1.54, 1.807) is 23.5 Å². The summed E-state index contributed by atoms with van der Waals surface area (Å²) in [5.74, 6) is 0.272. The van der Waals surface area contributed by atoms with Gasteiger partial charge in [-0.2, -0.15) is 23.5 Å². The van der Waals surface area contributed by atoms with Crippen LogP contribution in [-0.2, 0) is 16.6 Å². The van der Waals surface area contributed by atoms with Gasteiger partial charge in [0.15, 0.2) is 11.6 Å². The van der Waals surface area contributed by atoms with Crippen molar-refractivity contribution in [1.29, 1.82) is 0 Å². The summed E-state index contributed by atoms with van der Waals surface area (Å²) in [4.78, 5) is -0.684. The van der Waals surface area contributed by atoms with Gasteiger partial charge in [-0.25, -0.2) is 21.9 Å². The molecule has 1 fully saturated rings. The Morgan fingerprint density at radius 3 is 2.71 bits per heavy atom. The van der Waals surface area contributed by atoms with Crippen LogP contribution in [0, 0.1) is 11.6 Å². The SMILES string of the molecule is NCc1cc(F)c(F)c(S(=O)(=O)NCC2CSCCS2)c1. The Balaban J connectivity index is 2.16. The first-order chi connectivity index (χ1) is 9.94. The third-order valence-corrected chi connectivity index (χ3v) is 7.23. The fourth-order valence-corrected chi connectivity index (χ4v) is 5.80. The molecule has 1 saturated heterocycles. The van der Waals surface area contributed by atoms with Crippen LogP contribution >= 0.6 is 23.5 Å². The van der Waals surface area contributed by atoms with E-state index in [2.05, 4.69) is 4.72 Å². The van der Waals surface area contributed by atoms with Gasteiger partial charge in [-0.3, -0.25) is 0 Å². The first kappa shape index (κ1) is 17.0. The predicted molar refractivity (Wildman–Crippen MR) is 83.0 cm³/mol. The molecule has 0 spiro atoms. The quantitative estimate of drug-likeness (QED) is 0.839. The Morgan fingerprint density at radius 2 is 2.10 bits per heavy atom. The van der Waals surface area contributed by atoms with Crippen LogP contribution in [0.3, 0.4) is 0 Å². The second kappa shape index (κ2) is 7.28. The molecule has 0 amide bonds. The van der Waals surface area contributed by atoms with Gasteiger partial charge in [0.05, 0.1) is 0 Å². The summed E-state index contributed by atoms with van der Waals surface area (Å²) in [6.07, 6.45) is 0. The van der Waals surface area contributed by atoms with Crippen LogP contribution in [0.25, 0.3) is 0 Å². The molecule has 1 aromatic carbocycles.